The normalized spacial score (nSPS) is 11.9. The van der Waals surface area contributed by atoms with Crippen LogP contribution in [0.3, 0.4) is 0 Å². The summed E-state index contributed by atoms with van der Waals surface area (Å²) in [5, 5.41) is 16.6. The van der Waals surface area contributed by atoms with Gasteiger partial charge in [-0.1, -0.05) is 73.1 Å². The second-order valence-corrected chi connectivity index (χ2v) is 11.3. The zero-order valence-corrected chi connectivity index (χ0v) is 31.0. The lowest BCUT2D eigenvalue weighted by Crippen LogP contribution is -2.44. The van der Waals surface area contributed by atoms with Gasteiger partial charge in [-0.25, -0.2) is 4.57 Å². The highest BCUT2D eigenvalue weighted by molar-refractivity contribution is 7.46. The quantitative estimate of drug-likeness (QED) is 0.0398. The molecule has 0 radical (unpaired) electrons. The molecule has 45 heavy (non-hydrogen) atoms. The summed E-state index contributed by atoms with van der Waals surface area (Å²) >= 11 is 0. The van der Waals surface area contributed by atoms with Gasteiger partial charge in [0.2, 0.25) is 0 Å². The topological polar surface area (TPSA) is 163 Å². The molecule has 1 atom stereocenters. The Bertz CT molecular complexity index is 530. The lowest BCUT2D eigenvalue weighted by Gasteiger charge is -2.33. The van der Waals surface area contributed by atoms with Gasteiger partial charge in [-0.15, -0.1) is 0 Å². The Kier molecular flexibility index (Phi) is 48.0. The average Bonchev–Trinajstić information content (AvgIpc) is 3.02. The minimum Gasteiger partial charge on any atom is -0.394 e. The maximum absolute atomic E-state index is 11.0. The highest BCUT2D eigenvalue weighted by atomic mass is 31.2. The summed E-state index contributed by atoms with van der Waals surface area (Å²) in [5.41, 5.74) is 0. The summed E-state index contributed by atoms with van der Waals surface area (Å²) in [6, 6.07) is 0. The minimum atomic E-state index is -4.62. The van der Waals surface area contributed by atoms with Gasteiger partial charge in [0.15, 0.2) is 0 Å². The van der Waals surface area contributed by atoms with Crippen molar-refractivity contribution >= 4 is 7.82 Å². The third-order valence-electron chi connectivity index (χ3n) is 5.72. The van der Waals surface area contributed by atoms with E-state index in [4.69, 9.17) is 48.4 Å². The number of aliphatic hydroxyl groups is 2. The second-order valence-electron chi connectivity index (χ2n) is 10.0. The van der Waals surface area contributed by atoms with Gasteiger partial charge in [0.05, 0.1) is 52.4 Å². The average molecular weight is 681 g/mol. The SMILES string of the molecule is CCC(C)OCCO.CCCCCCOCCO.CCCCOC(COP(=O)(O)O)(OCCCC)OCCCC.CCOCC. The van der Waals surface area contributed by atoms with Crippen LogP contribution in [0.4, 0.5) is 0 Å². The van der Waals surface area contributed by atoms with Crippen molar-refractivity contribution in [3.05, 3.63) is 0 Å². The van der Waals surface area contributed by atoms with Crippen LogP contribution >= 0.6 is 7.82 Å². The van der Waals surface area contributed by atoms with Gasteiger partial charge in [-0.2, -0.15) is 0 Å². The second kappa shape index (κ2) is 41.8. The van der Waals surface area contributed by atoms with Crippen LogP contribution in [0.25, 0.3) is 0 Å². The molecule has 278 valence electrons. The van der Waals surface area contributed by atoms with Crippen molar-refractivity contribution in [3.63, 3.8) is 0 Å². The van der Waals surface area contributed by atoms with E-state index in [-0.39, 0.29) is 13.2 Å². The molecule has 0 saturated heterocycles. The molecular weight excluding hydrogens is 607 g/mol. The molecule has 1 unspecified atom stereocenters. The van der Waals surface area contributed by atoms with E-state index in [2.05, 4.69) is 18.4 Å². The Morgan fingerprint density at radius 2 is 1.07 bits per heavy atom. The first-order chi connectivity index (χ1) is 21.5. The monoisotopic (exact) mass is 680 g/mol. The van der Waals surface area contributed by atoms with E-state index < -0.39 is 20.4 Å². The predicted octanol–water partition coefficient (Wildman–Crippen LogP) is 6.61. The summed E-state index contributed by atoms with van der Waals surface area (Å²) in [5.74, 6) is -1.55. The fraction of sp³-hybridized carbons (Fsp3) is 1.00. The van der Waals surface area contributed by atoms with E-state index in [9.17, 15) is 4.57 Å². The first-order valence-electron chi connectivity index (χ1n) is 17.1. The zero-order valence-electron chi connectivity index (χ0n) is 30.1. The number of aliphatic hydroxyl groups excluding tert-OH is 2. The van der Waals surface area contributed by atoms with Crippen molar-refractivity contribution in [3.8, 4) is 0 Å². The van der Waals surface area contributed by atoms with Crippen molar-refractivity contribution in [2.24, 2.45) is 0 Å². The van der Waals surface area contributed by atoms with E-state index >= 15 is 0 Å². The maximum atomic E-state index is 11.0. The van der Waals surface area contributed by atoms with Crippen LogP contribution in [-0.2, 0) is 37.5 Å². The third kappa shape index (κ3) is 48.3. The van der Waals surface area contributed by atoms with Crippen LogP contribution in [0.15, 0.2) is 0 Å². The molecule has 0 amide bonds. The van der Waals surface area contributed by atoms with Gasteiger partial charge < -0.3 is 48.4 Å². The van der Waals surface area contributed by atoms with E-state index in [1.807, 2.05) is 41.5 Å². The predicted molar refractivity (Wildman–Crippen MR) is 180 cm³/mol. The Balaban J connectivity index is -0.000000299. The molecule has 12 nitrogen and oxygen atoms in total. The number of hydrogen-bond acceptors (Lipinski definition) is 10. The molecule has 0 fully saturated rings. The molecule has 0 aliphatic carbocycles. The van der Waals surface area contributed by atoms with Crippen molar-refractivity contribution in [2.75, 3.05) is 72.7 Å². The molecule has 0 aliphatic rings. The van der Waals surface area contributed by atoms with E-state index in [1.54, 1.807) is 0 Å². The number of rotatable bonds is 28. The van der Waals surface area contributed by atoms with Crippen LogP contribution in [0.5, 0.6) is 0 Å². The lowest BCUT2D eigenvalue weighted by molar-refractivity contribution is -0.390. The summed E-state index contributed by atoms with van der Waals surface area (Å²) in [7, 11) is -4.62. The smallest absolute Gasteiger partial charge is 0.394 e. The van der Waals surface area contributed by atoms with Gasteiger partial charge >= 0.3 is 13.8 Å². The van der Waals surface area contributed by atoms with Gasteiger partial charge in [-0.05, 0) is 52.9 Å². The molecule has 0 spiro atoms. The standard InChI is InChI=1S/C14H31O7P.C8H18O2.C6H14O2.C4H10O/c1-4-7-10-18-14(19-11-8-5-2,20-12-9-6-3)13-21-22(15,16)17;1-2-3-4-5-7-10-8-6-9;1-3-6(2)8-5-4-7;1-3-5-4-2/h4-13H2,1-3H3,(H2,15,16,17);9H,2-8H2,1H3;6-7H,3-5H2,1-2H3;3-4H2,1-2H3. The van der Waals surface area contributed by atoms with E-state index in [0.29, 0.717) is 39.1 Å². The molecule has 0 aromatic rings. The van der Waals surface area contributed by atoms with Gasteiger partial charge in [0.1, 0.15) is 6.61 Å². The molecule has 0 rings (SSSR count). The van der Waals surface area contributed by atoms with Crippen LogP contribution < -0.4 is 0 Å². The van der Waals surface area contributed by atoms with Gasteiger partial charge in [0, 0.05) is 19.8 Å². The number of phosphoric acid groups is 1. The highest BCUT2D eigenvalue weighted by Gasteiger charge is 2.37. The Labute approximate surface area is 276 Å². The van der Waals surface area contributed by atoms with Gasteiger partial charge in [-0.3, -0.25) is 4.52 Å². The van der Waals surface area contributed by atoms with Crippen LogP contribution in [-0.4, -0.2) is 105 Å². The number of hydrogen-bond donors (Lipinski definition) is 4. The van der Waals surface area contributed by atoms with Crippen molar-refractivity contribution in [1.29, 1.82) is 0 Å². The summed E-state index contributed by atoms with van der Waals surface area (Å²) in [6.07, 6.45) is 11.4. The highest BCUT2D eigenvalue weighted by Crippen LogP contribution is 2.38. The summed E-state index contributed by atoms with van der Waals surface area (Å²) < 4.78 is 47.5. The fourth-order valence-corrected chi connectivity index (χ4v) is 3.23. The van der Waals surface area contributed by atoms with Crippen LogP contribution in [0.2, 0.25) is 0 Å². The van der Waals surface area contributed by atoms with E-state index in [0.717, 1.165) is 71.2 Å². The molecular formula is C32H73O12P. The zero-order chi connectivity index (χ0) is 35.1. The largest absolute Gasteiger partial charge is 0.469 e. The number of ether oxygens (including phenoxy) is 6. The van der Waals surface area contributed by atoms with Crippen LogP contribution in [0, 0.1) is 0 Å². The maximum Gasteiger partial charge on any atom is 0.469 e. The van der Waals surface area contributed by atoms with Crippen molar-refractivity contribution < 1.29 is 57.5 Å². The lowest BCUT2D eigenvalue weighted by atomic mass is 10.2. The van der Waals surface area contributed by atoms with Crippen molar-refractivity contribution in [2.45, 2.75) is 138 Å². The molecule has 0 aromatic carbocycles. The molecule has 4 N–H and O–H groups in total. The van der Waals surface area contributed by atoms with Crippen LogP contribution in [0.1, 0.15) is 126 Å². The molecule has 0 heterocycles. The number of unbranched alkanes of at least 4 members (excludes halogenated alkanes) is 6. The molecule has 0 aliphatic heterocycles. The fourth-order valence-electron chi connectivity index (χ4n) is 2.90. The third-order valence-corrected chi connectivity index (χ3v) is 6.19. The Morgan fingerprint density at radius 3 is 1.40 bits per heavy atom. The summed E-state index contributed by atoms with van der Waals surface area (Å²) in [6.45, 7) is 20.7. The molecule has 13 heteroatoms. The molecule has 0 saturated carbocycles. The molecule has 0 aromatic heterocycles. The van der Waals surface area contributed by atoms with Crippen molar-refractivity contribution in [1.82, 2.24) is 0 Å². The Morgan fingerprint density at radius 1 is 0.600 bits per heavy atom. The van der Waals surface area contributed by atoms with E-state index in [1.165, 1.54) is 19.3 Å². The number of phosphoric ester groups is 1. The molecule has 0 bridgehead atoms. The Hall–Kier alpha value is -0.210. The first kappa shape index (κ1) is 51.6. The minimum absolute atomic E-state index is 0.129. The summed E-state index contributed by atoms with van der Waals surface area (Å²) in [4.78, 5) is 17.8. The van der Waals surface area contributed by atoms with Gasteiger partial charge in [0.25, 0.3) is 0 Å². The first-order valence-corrected chi connectivity index (χ1v) is 18.7.